The molecule has 0 amide bonds. The van der Waals surface area contributed by atoms with Gasteiger partial charge in [0, 0.05) is 24.7 Å². The SMILES string of the molecule is CC(C)(C)C(N)CCN(C1CCCCC1)C1CCCCC1. The fourth-order valence-electron chi connectivity index (χ4n) is 4.21. The second-order valence-corrected chi connectivity index (χ2v) is 8.58. The summed E-state index contributed by atoms with van der Waals surface area (Å²) >= 11 is 0. The van der Waals surface area contributed by atoms with Crippen molar-refractivity contribution in [2.75, 3.05) is 6.54 Å². The van der Waals surface area contributed by atoms with E-state index in [0.717, 1.165) is 18.5 Å². The van der Waals surface area contributed by atoms with Crippen LogP contribution in [0, 0.1) is 5.41 Å². The Labute approximate surface area is 132 Å². The Balaban J connectivity index is 1.93. The summed E-state index contributed by atoms with van der Waals surface area (Å²) in [6.45, 7) is 8.07. The minimum absolute atomic E-state index is 0.241. The van der Waals surface area contributed by atoms with Crippen molar-refractivity contribution < 1.29 is 0 Å². The first-order valence-electron chi connectivity index (χ1n) is 9.50. The molecule has 0 aromatic carbocycles. The van der Waals surface area contributed by atoms with Crippen LogP contribution in [0.2, 0.25) is 0 Å². The van der Waals surface area contributed by atoms with Crippen LogP contribution in [0.1, 0.15) is 91.4 Å². The van der Waals surface area contributed by atoms with E-state index in [0.29, 0.717) is 6.04 Å². The van der Waals surface area contributed by atoms with Gasteiger partial charge in [0.25, 0.3) is 0 Å². The Morgan fingerprint density at radius 2 is 1.29 bits per heavy atom. The Hall–Kier alpha value is -0.0800. The molecule has 2 aliphatic rings. The van der Waals surface area contributed by atoms with Crippen molar-refractivity contribution >= 4 is 0 Å². The second kappa shape index (κ2) is 7.97. The average molecular weight is 295 g/mol. The van der Waals surface area contributed by atoms with Gasteiger partial charge in [-0.15, -0.1) is 0 Å². The molecule has 0 aromatic rings. The van der Waals surface area contributed by atoms with E-state index < -0.39 is 0 Å². The first-order valence-corrected chi connectivity index (χ1v) is 9.50. The fourth-order valence-corrected chi connectivity index (χ4v) is 4.21. The number of rotatable bonds is 5. The summed E-state index contributed by atoms with van der Waals surface area (Å²) in [6.07, 6.45) is 15.6. The van der Waals surface area contributed by atoms with Crippen molar-refractivity contribution in [2.45, 2.75) is 110 Å². The number of nitrogens with zero attached hydrogens (tertiary/aromatic N) is 1. The van der Waals surface area contributed by atoms with Gasteiger partial charge in [-0.1, -0.05) is 59.3 Å². The Morgan fingerprint density at radius 1 is 0.857 bits per heavy atom. The standard InChI is InChI=1S/C19H38N2/c1-19(2,3)18(20)14-15-21(16-10-6-4-7-11-16)17-12-8-5-9-13-17/h16-18H,4-15,20H2,1-3H3. The third-order valence-corrected chi connectivity index (χ3v) is 5.90. The van der Waals surface area contributed by atoms with Crippen molar-refractivity contribution in [3.05, 3.63) is 0 Å². The quantitative estimate of drug-likeness (QED) is 0.795. The molecule has 2 heteroatoms. The summed E-state index contributed by atoms with van der Waals surface area (Å²) < 4.78 is 0. The van der Waals surface area contributed by atoms with Crippen LogP contribution in [-0.4, -0.2) is 29.6 Å². The highest BCUT2D eigenvalue weighted by molar-refractivity contribution is 4.86. The zero-order chi connectivity index (χ0) is 15.3. The van der Waals surface area contributed by atoms with Gasteiger partial charge in [-0.25, -0.2) is 0 Å². The largest absolute Gasteiger partial charge is 0.327 e. The summed E-state index contributed by atoms with van der Waals surface area (Å²) in [5.41, 5.74) is 6.67. The van der Waals surface area contributed by atoms with Gasteiger partial charge >= 0.3 is 0 Å². The second-order valence-electron chi connectivity index (χ2n) is 8.58. The van der Waals surface area contributed by atoms with Gasteiger partial charge in [-0.05, 0) is 37.5 Å². The molecular weight excluding hydrogens is 256 g/mol. The zero-order valence-corrected chi connectivity index (χ0v) is 14.7. The average Bonchev–Trinajstić information content (AvgIpc) is 2.48. The zero-order valence-electron chi connectivity index (χ0n) is 14.7. The molecule has 0 heterocycles. The van der Waals surface area contributed by atoms with Crippen LogP contribution < -0.4 is 5.73 Å². The van der Waals surface area contributed by atoms with E-state index in [2.05, 4.69) is 25.7 Å². The molecule has 0 aromatic heterocycles. The number of hydrogen-bond acceptors (Lipinski definition) is 2. The van der Waals surface area contributed by atoms with Crippen LogP contribution in [-0.2, 0) is 0 Å². The van der Waals surface area contributed by atoms with Crippen LogP contribution in [0.15, 0.2) is 0 Å². The van der Waals surface area contributed by atoms with Gasteiger partial charge in [0.2, 0.25) is 0 Å². The molecule has 0 spiro atoms. The third-order valence-electron chi connectivity index (χ3n) is 5.90. The van der Waals surface area contributed by atoms with Gasteiger partial charge in [0.15, 0.2) is 0 Å². The lowest BCUT2D eigenvalue weighted by Crippen LogP contribution is -2.48. The lowest BCUT2D eigenvalue weighted by Gasteiger charge is -2.43. The van der Waals surface area contributed by atoms with Gasteiger partial charge in [-0.3, -0.25) is 4.90 Å². The predicted molar refractivity (Wildman–Crippen MR) is 92.5 cm³/mol. The van der Waals surface area contributed by atoms with Crippen molar-refractivity contribution in [3.63, 3.8) is 0 Å². The van der Waals surface area contributed by atoms with Crippen LogP contribution >= 0.6 is 0 Å². The van der Waals surface area contributed by atoms with Crippen LogP contribution in [0.25, 0.3) is 0 Å². The maximum atomic E-state index is 6.43. The first-order chi connectivity index (χ1) is 9.98. The molecule has 0 aliphatic heterocycles. The predicted octanol–water partition coefficient (Wildman–Crippen LogP) is 4.72. The molecule has 1 unspecified atom stereocenters. The summed E-state index contributed by atoms with van der Waals surface area (Å²) in [7, 11) is 0. The van der Waals surface area contributed by atoms with Crippen LogP contribution in [0.4, 0.5) is 0 Å². The van der Waals surface area contributed by atoms with Gasteiger partial charge in [0.05, 0.1) is 0 Å². The number of nitrogens with two attached hydrogens (primary N) is 1. The molecule has 2 rings (SSSR count). The highest BCUT2D eigenvalue weighted by Gasteiger charge is 2.30. The molecule has 2 aliphatic carbocycles. The fraction of sp³-hybridized carbons (Fsp3) is 1.00. The minimum Gasteiger partial charge on any atom is -0.327 e. The van der Waals surface area contributed by atoms with Crippen LogP contribution in [0.5, 0.6) is 0 Å². The molecule has 0 radical (unpaired) electrons. The third kappa shape index (κ3) is 5.25. The lowest BCUT2D eigenvalue weighted by atomic mass is 9.84. The molecule has 2 fully saturated rings. The maximum absolute atomic E-state index is 6.43. The summed E-state index contributed by atoms with van der Waals surface area (Å²) in [5.74, 6) is 0. The molecule has 21 heavy (non-hydrogen) atoms. The van der Waals surface area contributed by atoms with E-state index in [1.807, 2.05) is 0 Å². The monoisotopic (exact) mass is 294 g/mol. The van der Waals surface area contributed by atoms with Gasteiger partial charge in [-0.2, -0.15) is 0 Å². The van der Waals surface area contributed by atoms with Crippen LogP contribution in [0.3, 0.4) is 0 Å². The summed E-state index contributed by atoms with van der Waals surface area (Å²) in [4.78, 5) is 2.89. The lowest BCUT2D eigenvalue weighted by molar-refractivity contribution is 0.0731. The molecule has 124 valence electrons. The van der Waals surface area contributed by atoms with Crippen molar-refractivity contribution in [1.82, 2.24) is 4.90 Å². The van der Waals surface area contributed by atoms with E-state index in [1.54, 1.807) is 0 Å². The summed E-state index contributed by atoms with van der Waals surface area (Å²) in [5, 5.41) is 0. The van der Waals surface area contributed by atoms with E-state index >= 15 is 0 Å². The topological polar surface area (TPSA) is 29.3 Å². The van der Waals surface area contributed by atoms with E-state index in [9.17, 15) is 0 Å². The summed E-state index contributed by atoms with van der Waals surface area (Å²) in [6, 6.07) is 2.04. The van der Waals surface area contributed by atoms with E-state index in [4.69, 9.17) is 5.73 Å². The van der Waals surface area contributed by atoms with Crippen molar-refractivity contribution in [2.24, 2.45) is 11.1 Å². The van der Waals surface area contributed by atoms with Gasteiger partial charge in [0.1, 0.15) is 0 Å². The maximum Gasteiger partial charge on any atom is 0.00998 e. The Kier molecular flexibility index (Phi) is 6.55. The molecule has 2 nitrogen and oxygen atoms in total. The molecule has 0 bridgehead atoms. The van der Waals surface area contributed by atoms with Crippen molar-refractivity contribution in [1.29, 1.82) is 0 Å². The molecule has 2 saturated carbocycles. The molecule has 1 atom stereocenters. The van der Waals surface area contributed by atoms with Gasteiger partial charge < -0.3 is 5.73 Å². The molecule has 0 saturated heterocycles. The Morgan fingerprint density at radius 3 is 1.67 bits per heavy atom. The smallest absolute Gasteiger partial charge is 0.00998 e. The first kappa shape index (κ1) is 17.3. The van der Waals surface area contributed by atoms with E-state index in [-0.39, 0.29) is 5.41 Å². The minimum atomic E-state index is 0.241. The molecule has 2 N–H and O–H groups in total. The van der Waals surface area contributed by atoms with Crippen molar-refractivity contribution in [3.8, 4) is 0 Å². The Bertz CT molecular complexity index is 264. The highest BCUT2D eigenvalue weighted by atomic mass is 15.2. The normalized spacial score (nSPS) is 24.4. The highest BCUT2D eigenvalue weighted by Crippen LogP contribution is 2.31. The number of hydrogen-bond donors (Lipinski definition) is 1. The van der Waals surface area contributed by atoms with E-state index in [1.165, 1.54) is 70.8 Å². The molecular formula is C19H38N2.